The zero-order chi connectivity index (χ0) is 8.85. The van der Waals surface area contributed by atoms with Crippen molar-refractivity contribution in [3.63, 3.8) is 0 Å². The van der Waals surface area contributed by atoms with Crippen molar-refractivity contribution in [2.45, 2.75) is 19.9 Å². The number of methoxy groups -OCH3 is 1. The van der Waals surface area contributed by atoms with Gasteiger partial charge in [-0.25, -0.2) is 0 Å². The predicted molar refractivity (Wildman–Crippen MR) is 52.7 cm³/mol. The molecule has 0 aromatic carbocycles. The van der Waals surface area contributed by atoms with E-state index in [0.29, 0.717) is 11.2 Å². The lowest BCUT2D eigenvalue weighted by molar-refractivity contribution is -0.134. The van der Waals surface area contributed by atoms with Crippen molar-refractivity contribution in [1.29, 1.82) is 0 Å². The van der Waals surface area contributed by atoms with E-state index in [-0.39, 0.29) is 11.9 Å². The van der Waals surface area contributed by atoms with E-state index in [1.54, 1.807) is 12.0 Å². The van der Waals surface area contributed by atoms with Crippen molar-refractivity contribution in [2.24, 2.45) is 0 Å². The van der Waals surface area contributed by atoms with E-state index < -0.39 is 0 Å². The second-order valence-corrected chi connectivity index (χ2v) is 3.27. The van der Waals surface area contributed by atoms with Crippen LogP contribution in [0.4, 0.5) is 0 Å². The highest BCUT2D eigenvalue weighted by Gasteiger charge is 2.14. The Labute approximate surface area is 81.2 Å². The van der Waals surface area contributed by atoms with Crippen LogP contribution in [0.3, 0.4) is 0 Å². The van der Waals surface area contributed by atoms with Gasteiger partial charge in [0.25, 0.3) is 0 Å². The summed E-state index contributed by atoms with van der Waals surface area (Å²) in [5.41, 5.74) is 0. The normalized spacial score (nSPS) is 10.3. The summed E-state index contributed by atoms with van der Waals surface area (Å²) in [6.45, 7) is 4.34. The van der Waals surface area contributed by atoms with E-state index in [0.717, 1.165) is 0 Å². The minimum atomic E-state index is 0.127. The van der Waals surface area contributed by atoms with Crippen LogP contribution in [0.5, 0.6) is 0 Å². The lowest BCUT2D eigenvalue weighted by Crippen LogP contribution is -2.38. The van der Waals surface area contributed by atoms with Crippen LogP contribution >= 0.6 is 22.6 Å². The first-order valence-electron chi connectivity index (χ1n) is 3.47. The highest BCUT2D eigenvalue weighted by Crippen LogP contribution is 2.00. The minimum Gasteiger partial charge on any atom is -0.364 e. The molecule has 0 aliphatic carbocycles. The van der Waals surface area contributed by atoms with E-state index >= 15 is 0 Å². The summed E-state index contributed by atoms with van der Waals surface area (Å²) in [7, 11) is 1.59. The van der Waals surface area contributed by atoms with Gasteiger partial charge in [0.2, 0.25) is 5.91 Å². The Balaban J connectivity index is 3.98. The van der Waals surface area contributed by atoms with Gasteiger partial charge in [-0.1, -0.05) is 22.6 Å². The molecule has 0 radical (unpaired) electrons. The van der Waals surface area contributed by atoms with Crippen LogP contribution < -0.4 is 0 Å². The summed E-state index contributed by atoms with van der Waals surface area (Å²) in [6.07, 6.45) is 0. The second-order valence-electron chi connectivity index (χ2n) is 2.51. The molecule has 1 amide bonds. The summed E-state index contributed by atoms with van der Waals surface area (Å²) in [5, 5.41) is 0. The molecule has 0 aromatic heterocycles. The Kier molecular flexibility index (Phi) is 5.85. The fourth-order valence-electron chi connectivity index (χ4n) is 0.725. The fraction of sp³-hybridized carbons (Fsp3) is 0.857. The maximum atomic E-state index is 11.2. The van der Waals surface area contributed by atoms with Crippen molar-refractivity contribution in [3.05, 3.63) is 0 Å². The van der Waals surface area contributed by atoms with Gasteiger partial charge in [0.15, 0.2) is 0 Å². The molecular formula is C7H14INO2. The first-order valence-corrected chi connectivity index (χ1v) is 5.00. The summed E-state index contributed by atoms with van der Waals surface area (Å²) >= 11 is 2.05. The number of hydrogen-bond donors (Lipinski definition) is 0. The largest absolute Gasteiger partial charge is 0.364 e. The number of ether oxygens (including phenoxy) is 1. The first kappa shape index (κ1) is 11.2. The van der Waals surface area contributed by atoms with Crippen molar-refractivity contribution in [3.8, 4) is 0 Å². The molecule has 0 rings (SSSR count). The molecule has 66 valence electrons. The third-order valence-electron chi connectivity index (χ3n) is 1.33. The standard InChI is InChI=1S/C7H14INO2/c1-6(2)9(5-11-3)7(10)4-8/h6H,4-5H2,1-3H3. The maximum absolute atomic E-state index is 11.2. The number of carbonyl (C=O) groups is 1. The minimum absolute atomic E-state index is 0.127. The Morgan fingerprint density at radius 2 is 2.18 bits per heavy atom. The molecule has 0 N–H and O–H groups in total. The van der Waals surface area contributed by atoms with E-state index in [2.05, 4.69) is 22.6 Å². The highest BCUT2D eigenvalue weighted by atomic mass is 127. The lowest BCUT2D eigenvalue weighted by Gasteiger charge is -2.24. The maximum Gasteiger partial charge on any atom is 0.234 e. The summed E-state index contributed by atoms with van der Waals surface area (Å²) in [4.78, 5) is 12.9. The molecular weight excluding hydrogens is 257 g/mol. The molecule has 4 heteroatoms. The molecule has 0 spiro atoms. The Bertz CT molecular complexity index is 128. The van der Waals surface area contributed by atoms with Gasteiger partial charge in [0.1, 0.15) is 6.73 Å². The number of rotatable bonds is 4. The first-order chi connectivity index (χ1) is 5.13. The van der Waals surface area contributed by atoms with Crippen molar-refractivity contribution in [2.75, 3.05) is 18.3 Å². The summed E-state index contributed by atoms with van der Waals surface area (Å²) in [5.74, 6) is 0.127. The van der Waals surface area contributed by atoms with Gasteiger partial charge < -0.3 is 9.64 Å². The zero-order valence-corrected chi connectivity index (χ0v) is 9.29. The van der Waals surface area contributed by atoms with Gasteiger partial charge in [-0.05, 0) is 13.8 Å². The quantitative estimate of drug-likeness (QED) is 0.437. The van der Waals surface area contributed by atoms with Gasteiger partial charge in [0, 0.05) is 13.2 Å². The summed E-state index contributed by atoms with van der Waals surface area (Å²) < 4.78 is 5.40. The number of amides is 1. The Hall–Kier alpha value is 0.160. The van der Waals surface area contributed by atoms with Crippen LogP contribution in [0.25, 0.3) is 0 Å². The van der Waals surface area contributed by atoms with Crippen LogP contribution in [-0.2, 0) is 9.53 Å². The Morgan fingerprint density at radius 1 is 1.64 bits per heavy atom. The number of alkyl halides is 1. The van der Waals surface area contributed by atoms with E-state index in [1.807, 2.05) is 13.8 Å². The highest BCUT2D eigenvalue weighted by molar-refractivity contribution is 14.1. The molecule has 0 saturated heterocycles. The monoisotopic (exact) mass is 271 g/mol. The number of carbonyl (C=O) groups excluding carboxylic acids is 1. The second kappa shape index (κ2) is 5.77. The lowest BCUT2D eigenvalue weighted by atomic mass is 10.3. The van der Waals surface area contributed by atoms with E-state index in [9.17, 15) is 4.79 Å². The summed E-state index contributed by atoms with van der Waals surface area (Å²) in [6, 6.07) is 0.220. The third kappa shape index (κ3) is 3.91. The molecule has 11 heavy (non-hydrogen) atoms. The van der Waals surface area contributed by atoms with Crippen LogP contribution in [0.15, 0.2) is 0 Å². The van der Waals surface area contributed by atoms with Gasteiger partial charge in [0.05, 0.1) is 4.43 Å². The molecule has 0 fully saturated rings. The van der Waals surface area contributed by atoms with Crippen LogP contribution in [0.2, 0.25) is 0 Å². The number of nitrogens with zero attached hydrogens (tertiary/aromatic N) is 1. The molecule has 0 aliphatic rings. The van der Waals surface area contributed by atoms with Crippen molar-refractivity contribution in [1.82, 2.24) is 4.90 Å². The SMILES string of the molecule is COCN(C(=O)CI)C(C)C. The molecule has 0 bridgehead atoms. The molecule has 0 unspecified atom stereocenters. The predicted octanol–water partition coefficient (Wildman–Crippen LogP) is 1.26. The van der Waals surface area contributed by atoms with Crippen molar-refractivity contribution >= 4 is 28.5 Å². The molecule has 0 aliphatic heterocycles. The average molecular weight is 271 g/mol. The molecule has 3 nitrogen and oxygen atoms in total. The molecule has 0 saturated carbocycles. The number of halogens is 1. The van der Waals surface area contributed by atoms with Gasteiger partial charge in [-0.15, -0.1) is 0 Å². The molecule has 0 atom stereocenters. The van der Waals surface area contributed by atoms with Gasteiger partial charge in [-0.2, -0.15) is 0 Å². The number of hydrogen-bond acceptors (Lipinski definition) is 2. The van der Waals surface area contributed by atoms with Crippen molar-refractivity contribution < 1.29 is 9.53 Å². The van der Waals surface area contributed by atoms with E-state index in [1.165, 1.54) is 0 Å². The smallest absolute Gasteiger partial charge is 0.234 e. The fourth-order valence-corrected chi connectivity index (χ4v) is 1.16. The van der Waals surface area contributed by atoms with E-state index in [4.69, 9.17) is 4.74 Å². The topological polar surface area (TPSA) is 29.5 Å². The van der Waals surface area contributed by atoms with Crippen LogP contribution in [-0.4, -0.2) is 35.1 Å². The molecule has 0 heterocycles. The molecule has 0 aromatic rings. The third-order valence-corrected chi connectivity index (χ3v) is 1.98. The van der Waals surface area contributed by atoms with Crippen LogP contribution in [0, 0.1) is 0 Å². The zero-order valence-electron chi connectivity index (χ0n) is 7.13. The van der Waals surface area contributed by atoms with Gasteiger partial charge in [-0.3, -0.25) is 4.79 Å². The Morgan fingerprint density at radius 3 is 2.45 bits per heavy atom. The average Bonchev–Trinajstić information content (AvgIpc) is 1.98. The van der Waals surface area contributed by atoms with Crippen LogP contribution in [0.1, 0.15) is 13.8 Å². The van der Waals surface area contributed by atoms with Gasteiger partial charge >= 0.3 is 0 Å².